The van der Waals surface area contributed by atoms with Crippen LogP contribution in [0.25, 0.3) is 0 Å². The van der Waals surface area contributed by atoms with E-state index in [9.17, 15) is 9.59 Å². The Morgan fingerprint density at radius 2 is 1.83 bits per heavy atom. The highest BCUT2D eigenvalue weighted by molar-refractivity contribution is 6.06. The molecule has 0 spiro atoms. The van der Waals surface area contributed by atoms with Crippen LogP contribution in [0.3, 0.4) is 0 Å². The van der Waals surface area contributed by atoms with E-state index < -0.39 is 5.54 Å². The molecule has 3 amide bonds. The van der Waals surface area contributed by atoms with Crippen molar-refractivity contribution < 1.29 is 9.59 Å². The number of nitrogens with one attached hydrogen (secondary N) is 3. The van der Waals surface area contributed by atoms with Crippen LogP contribution in [0.1, 0.15) is 50.3 Å². The molecule has 7 heteroatoms. The van der Waals surface area contributed by atoms with E-state index >= 15 is 0 Å². The molecule has 1 aromatic rings. The van der Waals surface area contributed by atoms with Gasteiger partial charge in [0.1, 0.15) is 5.54 Å². The van der Waals surface area contributed by atoms with Gasteiger partial charge >= 0.3 is 6.03 Å². The molecule has 0 aliphatic carbocycles. The molecule has 1 saturated heterocycles. The largest absolute Gasteiger partial charge is 0.357 e. The van der Waals surface area contributed by atoms with E-state index in [2.05, 4.69) is 53.0 Å². The summed E-state index contributed by atoms with van der Waals surface area (Å²) in [6.45, 7) is 12.4. The number of carbonyl (C=O) groups excluding carboxylic acids is 2. The molecule has 160 valence electrons. The SMILES string of the molecule is CCNC(=NCCCN1C(=O)NC(C)(CC)C1=O)NCCc1cc(C)cc(C)c1. The fraction of sp³-hybridized carbons (Fsp3) is 0.591. The van der Waals surface area contributed by atoms with Crippen molar-refractivity contribution in [2.75, 3.05) is 26.2 Å². The third kappa shape index (κ3) is 6.21. The minimum Gasteiger partial charge on any atom is -0.357 e. The van der Waals surface area contributed by atoms with Gasteiger partial charge in [-0.2, -0.15) is 0 Å². The number of amides is 3. The Bertz CT molecular complexity index is 741. The van der Waals surface area contributed by atoms with Gasteiger partial charge in [-0.15, -0.1) is 0 Å². The van der Waals surface area contributed by atoms with Gasteiger partial charge in [0.25, 0.3) is 5.91 Å². The van der Waals surface area contributed by atoms with Gasteiger partial charge in [0.2, 0.25) is 0 Å². The summed E-state index contributed by atoms with van der Waals surface area (Å²) in [5, 5.41) is 9.37. The first-order chi connectivity index (χ1) is 13.8. The van der Waals surface area contributed by atoms with Crippen LogP contribution in [0.15, 0.2) is 23.2 Å². The van der Waals surface area contributed by atoms with Crippen LogP contribution in [-0.2, 0) is 11.2 Å². The van der Waals surface area contributed by atoms with Crippen LogP contribution < -0.4 is 16.0 Å². The number of urea groups is 1. The molecule has 1 atom stereocenters. The number of aliphatic imine (C=N–C) groups is 1. The van der Waals surface area contributed by atoms with Crippen molar-refractivity contribution in [1.82, 2.24) is 20.9 Å². The van der Waals surface area contributed by atoms with Crippen LogP contribution in [0.4, 0.5) is 4.79 Å². The van der Waals surface area contributed by atoms with Crippen molar-refractivity contribution >= 4 is 17.9 Å². The van der Waals surface area contributed by atoms with Crippen LogP contribution in [0.2, 0.25) is 0 Å². The first-order valence-electron chi connectivity index (χ1n) is 10.5. The van der Waals surface area contributed by atoms with Crippen molar-refractivity contribution in [3.05, 3.63) is 34.9 Å². The fourth-order valence-electron chi connectivity index (χ4n) is 3.49. The quantitative estimate of drug-likeness (QED) is 0.257. The van der Waals surface area contributed by atoms with E-state index in [1.807, 2.05) is 13.8 Å². The molecule has 3 N–H and O–H groups in total. The Balaban J connectivity index is 1.81. The molecule has 1 fully saturated rings. The number of benzene rings is 1. The Morgan fingerprint density at radius 3 is 2.41 bits per heavy atom. The first kappa shape index (κ1) is 22.7. The average Bonchev–Trinajstić information content (AvgIpc) is 2.87. The number of aryl methyl sites for hydroxylation is 2. The average molecular weight is 402 g/mol. The number of hydrogen-bond acceptors (Lipinski definition) is 3. The van der Waals surface area contributed by atoms with Gasteiger partial charge < -0.3 is 16.0 Å². The van der Waals surface area contributed by atoms with Crippen molar-refractivity contribution in [2.24, 2.45) is 4.99 Å². The van der Waals surface area contributed by atoms with Crippen molar-refractivity contribution in [1.29, 1.82) is 0 Å². The number of rotatable bonds is 9. The lowest BCUT2D eigenvalue weighted by atomic mass is 9.99. The van der Waals surface area contributed by atoms with E-state index in [1.54, 1.807) is 6.92 Å². The van der Waals surface area contributed by atoms with Gasteiger partial charge in [0, 0.05) is 26.2 Å². The molecule has 0 aromatic heterocycles. The fourth-order valence-corrected chi connectivity index (χ4v) is 3.49. The van der Waals surface area contributed by atoms with Crippen LogP contribution >= 0.6 is 0 Å². The van der Waals surface area contributed by atoms with Gasteiger partial charge in [-0.05, 0) is 52.5 Å². The third-order valence-electron chi connectivity index (χ3n) is 5.19. The lowest BCUT2D eigenvalue weighted by molar-refractivity contribution is -0.130. The van der Waals surface area contributed by atoms with E-state index in [0.717, 1.165) is 25.5 Å². The molecular weight excluding hydrogens is 366 g/mol. The molecule has 29 heavy (non-hydrogen) atoms. The van der Waals surface area contributed by atoms with Gasteiger partial charge in [0.05, 0.1) is 0 Å². The smallest absolute Gasteiger partial charge is 0.325 e. The molecule has 1 heterocycles. The van der Waals surface area contributed by atoms with E-state index in [4.69, 9.17) is 0 Å². The van der Waals surface area contributed by atoms with E-state index in [1.165, 1.54) is 21.6 Å². The summed E-state index contributed by atoms with van der Waals surface area (Å²) >= 11 is 0. The molecule has 1 aromatic carbocycles. The van der Waals surface area contributed by atoms with Gasteiger partial charge in [0.15, 0.2) is 5.96 Å². The second-order valence-corrected chi connectivity index (χ2v) is 7.86. The predicted molar refractivity (Wildman–Crippen MR) is 117 cm³/mol. The predicted octanol–water partition coefficient (Wildman–Crippen LogP) is 2.51. The molecular formula is C22H35N5O2. The number of nitrogens with zero attached hydrogens (tertiary/aromatic N) is 2. The number of hydrogen-bond donors (Lipinski definition) is 3. The highest BCUT2D eigenvalue weighted by Crippen LogP contribution is 2.20. The highest BCUT2D eigenvalue weighted by atomic mass is 16.2. The minimum absolute atomic E-state index is 0.146. The second-order valence-electron chi connectivity index (χ2n) is 7.86. The highest BCUT2D eigenvalue weighted by Gasteiger charge is 2.45. The Morgan fingerprint density at radius 1 is 1.14 bits per heavy atom. The van der Waals surface area contributed by atoms with Gasteiger partial charge in [-0.3, -0.25) is 14.7 Å². The van der Waals surface area contributed by atoms with E-state index in [0.29, 0.717) is 25.9 Å². The maximum atomic E-state index is 12.4. The first-order valence-corrected chi connectivity index (χ1v) is 10.5. The standard InChI is InChI=1S/C22H35N5O2/c1-6-22(5)19(28)27(21(29)26-22)12-8-10-24-20(23-7-2)25-11-9-18-14-16(3)13-17(4)15-18/h13-15H,6-12H2,1-5H3,(H,26,29)(H2,23,24,25). The molecule has 1 aliphatic heterocycles. The summed E-state index contributed by atoms with van der Waals surface area (Å²) in [5.41, 5.74) is 3.09. The monoisotopic (exact) mass is 401 g/mol. The lowest BCUT2D eigenvalue weighted by Gasteiger charge is -2.19. The van der Waals surface area contributed by atoms with Crippen LogP contribution in [-0.4, -0.2) is 54.5 Å². The number of imide groups is 1. The second kappa shape index (κ2) is 10.3. The maximum Gasteiger partial charge on any atom is 0.325 e. The number of guanidine groups is 1. The normalized spacial score (nSPS) is 19.5. The third-order valence-corrected chi connectivity index (χ3v) is 5.19. The Hall–Kier alpha value is -2.57. The summed E-state index contributed by atoms with van der Waals surface area (Å²) < 4.78 is 0. The Kier molecular flexibility index (Phi) is 8.05. The van der Waals surface area contributed by atoms with Crippen molar-refractivity contribution in [3.63, 3.8) is 0 Å². The topological polar surface area (TPSA) is 85.8 Å². The zero-order valence-corrected chi connectivity index (χ0v) is 18.4. The number of carbonyl (C=O) groups is 2. The molecule has 2 rings (SSSR count). The summed E-state index contributed by atoms with van der Waals surface area (Å²) in [5.74, 6) is 0.611. The summed E-state index contributed by atoms with van der Waals surface area (Å²) in [6, 6.07) is 6.29. The molecule has 1 aliphatic rings. The summed E-state index contributed by atoms with van der Waals surface area (Å²) in [6.07, 6.45) is 2.14. The zero-order valence-electron chi connectivity index (χ0n) is 18.4. The van der Waals surface area contributed by atoms with Crippen LogP contribution in [0.5, 0.6) is 0 Å². The van der Waals surface area contributed by atoms with Crippen molar-refractivity contribution in [2.45, 2.75) is 59.4 Å². The lowest BCUT2D eigenvalue weighted by Crippen LogP contribution is -2.43. The zero-order chi connectivity index (χ0) is 21.4. The molecule has 0 bridgehead atoms. The van der Waals surface area contributed by atoms with Gasteiger partial charge in [-0.1, -0.05) is 36.2 Å². The van der Waals surface area contributed by atoms with Gasteiger partial charge in [-0.25, -0.2) is 4.79 Å². The molecule has 0 radical (unpaired) electrons. The Labute approximate surface area is 174 Å². The molecule has 0 saturated carbocycles. The maximum absolute atomic E-state index is 12.4. The summed E-state index contributed by atoms with van der Waals surface area (Å²) in [4.78, 5) is 30.3. The van der Waals surface area contributed by atoms with Crippen LogP contribution in [0, 0.1) is 13.8 Å². The molecule has 1 unspecified atom stereocenters. The minimum atomic E-state index is -0.773. The molecule has 7 nitrogen and oxygen atoms in total. The van der Waals surface area contributed by atoms with E-state index in [-0.39, 0.29) is 11.9 Å². The van der Waals surface area contributed by atoms with Crippen molar-refractivity contribution in [3.8, 4) is 0 Å². The summed E-state index contributed by atoms with van der Waals surface area (Å²) in [7, 11) is 0.